The predicted molar refractivity (Wildman–Crippen MR) is 240 cm³/mol. The number of allylic oxidation sites excluding steroid dienone is 12. The van der Waals surface area contributed by atoms with Gasteiger partial charge in [-0.15, -0.1) is 0 Å². The number of nitrogens with zero attached hydrogens (tertiary/aromatic N) is 1. The van der Waals surface area contributed by atoms with Crippen molar-refractivity contribution in [1.29, 1.82) is 0 Å². The van der Waals surface area contributed by atoms with E-state index in [1.165, 1.54) is 57.8 Å². The Balaban J connectivity index is 4.45. The Bertz CT molecular complexity index is 1220. The molecule has 0 heterocycles. The molecule has 9 nitrogen and oxygen atoms in total. The minimum Gasteiger partial charge on any atom is -0.756 e. The van der Waals surface area contributed by atoms with Crippen LogP contribution in [0, 0.1) is 0 Å². The van der Waals surface area contributed by atoms with Crippen molar-refractivity contribution < 1.29 is 42.1 Å². The van der Waals surface area contributed by atoms with Crippen molar-refractivity contribution in [3.05, 3.63) is 72.9 Å². The van der Waals surface area contributed by atoms with E-state index in [1.807, 2.05) is 21.1 Å². The number of phosphoric ester groups is 1. The summed E-state index contributed by atoms with van der Waals surface area (Å²) < 4.78 is 33.9. The fraction of sp³-hybridized carbons (Fsp3) is 0.708. The van der Waals surface area contributed by atoms with Gasteiger partial charge in [0.2, 0.25) is 0 Å². The summed E-state index contributed by atoms with van der Waals surface area (Å²) in [6.45, 7) is 4.04. The van der Waals surface area contributed by atoms with Gasteiger partial charge >= 0.3 is 11.9 Å². The second-order valence-electron chi connectivity index (χ2n) is 16.0. The lowest BCUT2D eigenvalue weighted by atomic mass is 10.1. The summed E-state index contributed by atoms with van der Waals surface area (Å²) >= 11 is 0. The first-order valence-corrected chi connectivity index (χ1v) is 24.1. The van der Waals surface area contributed by atoms with Crippen molar-refractivity contribution in [1.82, 2.24) is 0 Å². The molecule has 2 atom stereocenters. The van der Waals surface area contributed by atoms with Crippen molar-refractivity contribution in [2.75, 3.05) is 47.5 Å². The Labute approximate surface area is 355 Å². The normalized spacial score (nSPS) is 14.2. The van der Waals surface area contributed by atoms with E-state index in [-0.39, 0.29) is 26.1 Å². The maximum absolute atomic E-state index is 12.7. The largest absolute Gasteiger partial charge is 0.756 e. The molecule has 0 fully saturated rings. The van der Waals surface area contributed by atoms with E-state index in [0.29, 0.717) is 23.9 Å². The van der Waals surface area contributed by atoms with Crippen LogP contribution < -0.4 is 4.89 Å². The molecule has 0 saturated carbocycles. The fourth-order valence-electron chi connectivity index (χ4n) is 5.67. The van der Waals surface area contributed by atoms with E-state index in [2.05, 4.69) is 86.8 Å². The molecule has 0 aliphatic rings. The standard InChI is InChI=1S/C48H84NO8P/c1-6-8-10-12-14-16-18-20-22-23-24-25-27-29-31-33-35-37-39-41-48(51)57-46(45-56-58(52,53)55-43-42-49(3,4)5)44-54-47(50)40-38-36-34-32-30-28-26-21-19-17-15-13-11-9-7-2/h8,10,14,16,20,22,24-25,29-32,46H,6-7,9,11-13,15,17-19,21,23,26-28,33-45H2,1-5H3/b10-8+,16-14+,22-20+,25-24+,31-29+,32-30+/t46-/m1/s1. The molecule has 0 saturated heterocycles. The molecule has 0 aliphatic heterocycles. The number of ether oxygens (including phenoxy) is 2. The van der Waals surface area contributed by atoms with Crippen molar-refractivity contribution in [2.24, 2.45) is 0 Å². The van der Waals surface area contributed by atoms with Gasteiger partial charge in [-0.2, -0.15) is 0 Å². The quantitative estimate of drug-likeness (QED) is 0.0197. The molecule has 58 heavy (non-hydrogen) atoms. The number of carbonyl (C=O) groups excluding carboxylic acids is 2. The van der Waals surface area contributed by atoms with Gasteiger partial charge in [0, 0.05) is 12.8 Å². The second-order valence-corrected chi connectivity index (χ2v) is 17.4. The molecule has 0 aromatic heterocycles. The van der Waals surface area contributed by atoms with Crippen LogP contribution in [0.2, 0.25) is 0 Å². The van der Waals surface area contributed by atoms with Crippen LogP contribution in [0.25, 0.3) is 0 Å². The van der Waals surface area contributed by atoms with Crippen LogP contribution >= 0.6 is 7.82 Å². The van der Waals surface area contributed by atoms with Crippen molar-refractivity contribution in [3.8, 4) is 0 Å². The molecule has 0 aliphatic carbocycles. The third-order valence-corrected chi connectivity index (χ3v) is 10.2. The molecule has 0 aromatic rings. The van der Waals surface area contributed by atoms with Crippen molar-refractivity contribution in [3.63, 3.8) is 0 Å². The summed E-state index contributed by atoms with van der Waals surface area (Å²) in [5, 5.41) is 0. The molecule has 1 unspecified atom stereocenters. The third-order valence-electron chi connectivity index (χ3n) is 9.21. The lowest BCUT2D eigenvalue weighted by molar-refractivity contribution is -0.870. The fourth-order valence-corrected chi connectivity index (χ4v) is 6.40. The molecule has 334 valence electrons. The topological polar surface area (TPSA) is 111 Å². The molecule has 0 rings (SSSR count). The van der Waals surface area contributed by atoms with Gasteiger partial charge in [0.25, 0.3) is 7.82 Å². The second kappa shape index (κ2) is 39.9. The number of unbranched alkanes of at least 4 members (excludes halogenated alkanes) is 14. The van der Waals surface area contributed by atoms with Crippen LogP contribution in [0.4, 0.5) is 0 Å². The van der Waals surface area contributed by atoms with Crippen molar-refractivity contribution in [2.45, 2.75) is 174 Å². The number of likely N-dealkylation sites (N-methyl/N-ethyl adjacent to an activating group) is 1. The zero-order chi connectivity index (χ0) is 42.8. The number of phosphoric acid groups is 1. The number of rotatable bonds is 40. The van der Waals surface area contributed by atoms with Crippen molar-refractivity contribution >= 4 is 19.8 Å². The van der Waals surface area contributed by atoms with E-state index in [0.717, 1.165) is 70.6 Å². The first kappa shape index (κ1) is 55.5. The van der Waals surface area contributed by atoms with E-state index in [1.54, 1.807) is 0 Å². The van der Waals surface area contributed by atoms with Gasteiger partial charge in [0.15, 0.2) is 6.10 Å². The molecule has 0 bridgehead atoms. The molecule has 0 radical (unpaired) electrons. The Hall–Kier alpha value is -2.55. The maximum Gasteiger partial charge on any atom is 0.306 e. The summed E-state index contributed by atoms with van der Waals surface area (Å²) in [5.74, 6) is -0.903. The van der Waals surface area contributed by atoms with Gasteiger partial charge in [-0.1, -0.05) is 145 Å². The smallest absolute Gasteiger partial charge is 0.306 e. The average Bonchev–Trinajstić information content (AvgIpc) is 3.17. The highest BCUT2D eigenvalue weighted by atomic mass is 31.2. The van der Waals surface area contributed by atoms with Gasteiger partial charge in [-0.3, -0.25) is 14.2 Å². The Morgan fingerprint density at radius 1 is 0.552 bits per heavy atom. The van der Waals surface area contributed by atoms with Gasteiger partial charge in [0.05, 0.1) is 27.7 Å². The van der Waals surface area contributed by atoms with Crippen LogP contribution in [-0.4, -0.2) is 70.0 Å². The zero-order valence-electron chi connectivity index (χ0n) is 37.5. The summed E-state index contributed by atoms with van der Waals surface area (Å²) in [7, 11) is 1.12. The first-order valence-electron chi connectivity index (χ1n) is 22.6. The van der Waals surface area contributed by atoms with Crippen LogP contribution in [0.15, 0.2) is 72.9 Å². The number of quaternary nitrogens is 1. The highest BCUT2D eigenvalue weighted by Gasteiger charge is 2.21. The molecular weight excluding hydrogens is 750 g/mol. The SMILES string of the molecule is CC/C=C/C/C=C/C/C=C/C/C=C/C/C=C/CCCCCC(=O)O[C@H](COC(=O)CCCC/C=C/CCCCCCCCCCC)COP(=O)([O-])OCC[N+](C)(C)C. The number of hydrogen-bond donors (Lipinski definition) is 0. The van der Waals surface area contributed by atoms with Gasteiger partial charge in [-0.05, 0) is 83.5 Å². The Morgan fingerprint density at radius 2 is 0.983 bits per heavy atom. The third kappa shape index (κ3) is 43.0. The van der Waals surface area contributed by atoms with E-state index in [4.69, 9.17) is 18.5 Å². The van der Waals surface area contributed by atoms with Crippen LogP contribution in [0.3, 0.4) is 0 Å². The number of esters is 2. The number of hydrogen-bond acceptors (Lipinski definition) is 8. The summed E-state index contributed by atoms with van der Waals surface area (Å²) in [6, 6.07) is 0. The van der Waals surface area contributed by atoms with E-state index < -0.39 is 32.5 Å². The van der Waals surface area contributed by atoms with Gasteiger partial charge in [0.1, 0.15) is 19.8 Å². The molecular formula is C48H84NO8P. The molecule has 10 heteroatoms. The summed E-state index contributed by atoms with van der Waals surface area (Å²) in [5.41, 5.74) is 0. The van der Waals surface area contributed by atoms with Crippen LogP contribution in [-0.2, 0) is 32.7 Å². The molecule has 0 spiro atoms. The lowest BCUT2D eigenvalue weighted by Crippen LogP contribution is -2.37. The van der Waals surface area contributed by atoms with Gasteiger partial charge in [-0.25, -0.2) is 0 Å². The molecule has 0 aromatic carbocycles. The molecule has 0 N–H and O–H groups in total. The minimum absolute atomic E-state index is 0.0439. The lowest BCUT2D eigenvalue weighted by Gasteiger charge is -2.28. The highest BCUT2D eigenvalue weighted by Crippen LogP contribution is 2.38. The summed E-state index contributed by atoms with van der Waals surface area (Å²) in [6.07, 6.45) is 49.3. The van der Waals surface area contributed by atoms with E-state index >= 15 is 0 Å². The van der Waals surface area contributed by atoms with Gasteiger partial charge < -0.3 is 27.9 Å². The highest BCUT2D eigenvalue weighted by molar-refractivity contribution is 7.45. The maximum atomic E-state index is 12.7. The molecule has 0 amide bonds. The van der Waals surface area contributed by atoms with Crippen LogP contribution in [0.1, 0.15) is 168 Å². The monoisotopic (exact) mass is 834 g/mol. The van der Waals surface area contributed by atoms with Crippen LogP contribution in [0.5, 0.6) is 0 Å². The predicted octanol–water partition coefficient (Wildman–Crippen LogP) is 12.4. The average molecular weight is 834 g/mol. The minimum atomic E-state index is -4.64. The van der Waals surface area contributed by atoms with E-state index in [9.17, 15) is 19.0 Å². The Kier molecular flexibility index (Phi) is 38.1. The number of carbonyl (C=O) groups is 2. The first-order chi connectivity index (χ1) is 28.0. The Morgan fingerprint density at radius 3 is 1.52 bits per heavy atom. The summed E-state index contributed by atoms with van der Waals surface area (Å²) in [4.78, 5) is 37.5. The zero-order valence-corrected chi connectivity index (χ0v) is 38.4.